The van der Waals surface area contributed by atoms with Crippen LogP contribution in [0, 0.1) is 11.8 Å². The molecule has 4 unspecified atom stereocenters. The first-order valence-corrected chi connectivity index (χ1v) is 11.7. The molecule has 0 spiro atoms. The molecule has 1 saturated carbocycles. The van der Waals surface area contributed by atoms with Crippen molar-refractivity contribution in [3.8, 4) is 0 Å². The van der Waals surface area contributed by atoms with Crippen molar-refractivity contribution in [1.29, 1.82) is 0 Å². The van der Waals surface area contributed by atoms with Gasteiger partial charge < -0.3 is 4.74 Å². The Morgan fingerprint density at radius 1 is 0.839 bits per heavy atom. The number of amides is 2. The molecule has 4 rings (SSSR count). The van der Waals surface area contributed by atoms with Gasteiger partial charge in [-0.25, -0.2) is 4.79 Å². The summed E-state index contributed by atoms with van der Waals surface area (Å²) < 4.78 is 5.11. The molecule has 2 aliphatic rings. The Morgan fingerprint density at radius 2 is 1.39 bits per heavy atom. The van der Waals surface area contributed by atoms with Gasteiger partial charge in [0.1, 0.15) is 0 Å². The lowest BCUT2D eigenvalue weighted by Crippen LogP contribution is -2.34. The minimum absolute atomic E-state index is 0.140. The number of hydrogen-bond donors (Lipinski definition) is 0. The molecule has 6 nitrogen and oxygen atoms in total. The number of nitrogens with zero attached hydrogens (tertiary/aromatic N) is 1. The van der Waals surface area contributed by atoms with Gasteiger partial charge in [-0.05, 0) is 37.1 Å². The maximum atomic E-state index is 12.9. The zero-order valence-electron chi connectivity index (χ0n) is 16.4. The zero-order valence-corrected chi connectivity index (χ0v) is 19.5. The highest BCUT2D eigenvalue weighted by atomic mass is 79.9. The summed E-state index contributed by atoms with van der Waals surface area (Å²) in [5, 5.41) is 0. The highest BCUT2D eigenvalue weighted by molar-refractivity contribution is 9.12. The van der Waals surface area contributed by atoms with Crippen molar-refractivity contribution in [2.24, 2.45) is 11.8 Å². The van der Waals surface area contributed by atoms with E-state index in [9.17, 15) is 19.2 Å². The van der Waals surface area contributed by atoms with E-state index in [1.807, 2.05) is 0 Å². The van der Waals surface area contributed by atoms with Crippen LogP contribution < -0.4 is 4.90 Å². The summed E-state index contributed by atoms with van der Waals surface area (Å²) >= 11 is 7.15. The SMILES string of the molecule is O=C(COC(=O)c1ccc(N2C(=O)C3CC(Br)C(Br)CC3C2=O)cc1)c1ccccc1. The number of benzene rings is 2. The number of alkyl halides is 2. The van der Waals surface area contributed by atoms with E-state index in [1.165, 1.54) is 17.0 Å². The topological polar surface area (TPSA) is 80.8 Å². The molecule has 0 bridgehead atoms. The molecule has 1 heterocycles. The number of anilines is 1. The van der Waals surface area contributed by atoms with Crippen LogP contribution in [0.25, 0.3) is 0 Å². The van der Waals surface area contributed by atoms with Gasteiger partial charge >= 0.3 is 5.97 Å². The maximum Gasteiger partial charge on any atom is 0.338 e. The first-order chi connectivity index (χ1) is 14.9. The average Bonchev–Trinajstić information content (AvgIpc) is 3.02. The van der Waals surface area contributed by atoms with Gasteiger partial charge in [-0.15, -0.1) is 0 Å². The molecule has 0 N–H and O–H groups in total. The second-order valence-corrected chi connectivity index (χ2v) is 9.99. The number of carbonyl (C=O) groups excluding carboxylic acids is 4. The van der Waals surface area contributed by atoms with Gasteiger partial charge in [0.2, 0.25) is 11.8 Å². The van der Waals surface area contributed by atoms with Crippen molar-refractivity contribution in [3.63, 3.8) is 0 Å². The number of rotatable bonds is 5. The lowest BCUT2D eigenvalue weighted by atomic mass is 9.81. The van der Waals surface area contributed by atoms with Gasteiger partial charge in [-0.2, -0.15) is 0 Å². The third-order valence-corrected chi connectivity index (χ3v) is 8.44. The van der Waals surface area contributed by atoms with Gasteiger partial charge in [0.25, 0.3) is 0 Å². The number of imide groups is 1. The highest BCUT2D eigenvalue weighted by Gasteiger charge is 2.52. The predicted molar refractivity (Wildman–Crippen MR) is 122 cm³/mol. The zero-order chi connectivity index (χ0) is 22.1. The average molecular weight is 549 g/mol. The van der Waals surface area contributed by atoms with Crippen LogP contribution in [0.3, 0.4) is 0 Å². The second kappa shape index (κ2) is 9.04. The Hall–Kier alpha value is -2.32. The van der Waals surface area contributed by atoms with E-state index >= 15 is 0 Å². The molecule has 8 heteroatoms. The van der Waals surface area contributed by atoms with E-state index in [1.54, 1.807) is 42.5 Å². The fraction of sp³-hybridized carbons (Fsp3) is 0.304. The molecule has 2 aromatic carbocycles. The van der Waals surface area contributed by atoms with Crippen molar-refractivity contribution in [2.45, 2.75) is 22.5 Å². The number of ether oxygens (including phenoxy) is 1. The molecular formula is C23H19Br2NO5. The summed E-state index contributed by atoms with van der Waals surface area (Å²) in [6.45, 7) is -0.363. The van der Waals surface area contributed by atoms with Crippen LogP contribution in [-0.2, 0) is 14.3 Å². The first-order valence-electron chi connectivity index (χ1n) is 9.88. The van der Waals surface area contributed by atoms with Crippen molar-refractivity contribution in [2.75, 3.05) is 11.5 Å². The molecule has 4 atom stereocenters. The quantitative estimate of drug-likeness (QED) is 0.243. The minimum Gasteiger partial charge on any atom is -0.454 e. The number of fused-ring (bicyclic) bond motifs is 1. The van der Waals surface area contributed by atoms with Crippen LogP contribution in [0.15, 0.2) is 54.6 Å². The second-order valence-electron chi connectivity index (χ2n) is 7.64. The number of Topliss-reactive ketones (excluding diaryl/α,β-unsaturated/α-hetero) is 1. The first kappa shape index (κ1) is 21.9. The molecular weight excluding hydrogens is 530 g/mol. The normalized spacial score (nSPS) is 25.3. The van der Waals surface area contributed by atoms with Crippen LogP contribution in [0.2, 0.25) is 0 Å². The standard InChI is InChI=1S/C23H19Br2NO5/c24-18-10-16-17(11-19(18)25)22(29)26(21(16)28)15-8-6-14(7-9-15)23(30)31-12-20(27)13-4-2-1-3-5-13/h1-9,16-19H,10-12H2. The summed E-state index contributed by atoms with van der Waals surface area (Å²) in [5.74, 6) is -2.02. The van der Waals surface area contributed by atoms with Crippen molar-refractivity contribution < 1.29 is 23.9 Å². The van der Waals surface area contributed by atoms with E-state index in [0.717, 1.165) is 0 Å². The van der Waals surface area contributed by atoms with E-state index in [2.05, 4.69) is 31.9 Å². The van der Waals surface area contributed by atoms with Crippen LogP contribution in [0.1, 0.15) is 33.6 Å². The van der Waals surface area contributed by atoms with E-state index in [-0.39, 0.29) is 51.3 Å². The molecule has 0 radical (unpaired) electrons. The third-order valence-electron chi connectivity index (χ3n) is 5.70. The van der Waals surface area contributed by atoms with Crippen molar-refractivity contribution >= 4 is 61.1 Å². The van der Waals surface area contributed by atoms with Crippen LogP contribution in [0.4, 0.5) is 5.69 Å². The summed E-state index contributed by atoms with van der Waals surface area (Å²) in [5.41, 5.74) is 1.13. The number of carbonyl (C=O) groups is 4. The number of ketones is 1. The van der Waals surface area contributed by atoms with Gasteiger partial charge in [-0.3, -0.25) is 19.3 Å². The molecule has 1 saturated heterocycles. The molecule has 0 aromatic heterocycles. The fourth-order valence-electron chi connectivity index (χ4n) is 4.02. The lowest BCUT2D eigenvalue weighted by molar-refractivity contribution is -0.122. The summed E-state index contributed by atoms with van der Waals surface area (Å²) in [6.07, 6.45) is 1.20. The van der Waals surface area contributed by atoms with Crippen LogP contribution >= 0.6 is 31.9 Å². The van der Waals surface area contributed by atoms with E-state index < -0.39 is 5.97 Å². The Kier molecular flexibility index (Phi) is 6.39. The Bertz CT molecular complexity index is 996. The summed E-state index contributed by atoms with van der Waals surface area (Å²) in [7, 11) is 0. The molecule has 31 heavy (non-hydrogen) atoms. The van der Waals surface area contributed by atoms with Crippen LogP contribution in [-0.4, -0.2) is 39.8 Å². The Balaban J connectivity index is 1.42. The van der Waals surface area contributed by atoms with Crippen molar-refractivity contribution in [3.05, 3.63) is 65.7 Å². The minimum atomic E-state index is -0.646. The fourth-order valence-corrected chi connectivity index (χ4v) is 5.26. The summed E-state index contributed by atoms with van der Waals surface area (Å²) in [4.78, 5) is 51.6. The molecule has 2 aromatic rings. The smallest absolute Gasteiger partial charge is 0.338 e. The molecule has 2 amide bonds. The third kappa shape index (κ3) is 4.36. The molecule has 1 aliphatic carbocycles. The largest absolute Gasteiger partial charge is 0.454 e. The molecule has 1 aliphatic heterocycles. The Morgan fingerprint density at radius 3 is 1.94 bits per heavy atom. The van der Waals surface area contributed by atoms with E-state index in [4.69, 9.17) is 4.74 Å². The molecule has 160 valence electrons. The number of esters is 1. The van der Waals surface area contributed by atoms with Gasteiger partial charge in [0.05, 0.1) is 23.1 Å². The number of halogens is 2. The van der Waals surface area contributed by atoms with Gasteiger partial charge in [0.15, 0.2) is 12.4 Å². The van der Waals surface area contributed by atoms with Crippen LogP contribution in [0.5, 0.6) is 0 Å². The maximum absolute atomic E-state index is 12.9. The monoisotopic (exact) mass is 547 g/mol. The lowest BCUT2D eigenvalue weighted by Gasteiger charge is -2.29. The van der Waals surface area contributed by atoms with Gasteiger partial charge in [0, 0.05) is 15.2 Å². The number of hydrogen-bond acceptors (Lipinski definition) is 5. The Labute approximate surface area is 196 Å². The van der Waals surface area contributed by atoms with Gasteiger partial charge in [-0.1, -0.05) is 62.2 Å². The highest BCUT2D eigenvalue weighted by Crippen LogP contribution is 2.44. The summed E-state index contributed by atoms with van der Waals surface area (Å²) in [6, 6.07) is 14.7. The molecule has 2 fully saturated rings. The van der Waals surface area contributed by atoms with E-state index in [0.29, 0.717) is 24.1 Å². The predicted octanol–water partition coefficient (Wildman–Crippen LogP) is 4.15. The van der Waals surface area contributed by atoms with Crippen molar-refractivity contribution in [1.82, 2.24) is 0 Å².